The second-order valence-corrected chi connectivity index (χ2v) is 1.78. The van der Waals surface area contributed by atoms with E-state index in [9.17, 15) is 9.59 Å². The zero-order valence-electron chi connectivity index (χ0n) is 6.34. The maximum Gasteiger partial charge on any atom is 0.293 e. The molecule has 0 aromatic heterocycles. The highest BCUT2D eigenvalue weighted by Crippen LogP contribution is 1.91. The topological polar surface area (TPSA) is 82.1 Å². The minimum Gasteiger partial charge on any atom is -0.464 e. The Bertz CT molecular complexity index is 125. The Morgan fingerprint density at radius 2 is 2.00 bits per heavy atom. The first-order valence-corrected chi connectivity index (χ1v) is 3.18. The van der Waals surface area contributed by atoms with E-state index in [0.717, 1.165) is 0 Å². The highest BCUT2D eigenvalue weighted by Gasteiger charge is 2.09. The number of carbonyl (C=O) groups excluding carboxylic acids is 2. The van der Waals surface area contributed by atoms with Crippen molar-refractivity contribution in [1.82, 2.24) is 0 Å². The van der Waals surface area contributed by atoms with Crippen molar-refractivity contribution in [3.05, 3.63) is 0 Å². The number of aliphatic hydroxyl groups excluding tert-OH is 1. The largest absolute Gasteiger partial charge is 0.464 e. The van der Waals surface area contributed by atoms with Crippen molar-refractivity contribution in [2.24, 2.45) is 0 Å². The highest BCUT2D eigenvalue weighted by atomic mass is 16.6. The van der Waals surface area contributed by atoms with Gasteiger partial charge in [0.25, 0.3) is 12.9 Å². The van der Waals surface area contributed by atoms with E-state index in [-0.39, 0.29) is 26.2 Å². The Morgan fingerprint density at radius 1 is 1.25 bits per heavy atom. The van der Waals surface area contributed by atoms with Crippen molar-refractivity contribution < 1.29 is 28.9 Å². The number of ether oxygens (including phenoxy) is 3. The molecular weight excluding hydrogens is 168 g/mol. The molecule has 70 valence electrons. The molecule has 0 radical (unpaired) electrons. The summed E-state index contributed by atoms with van der Waals surface area (Å²) in [4.78, 5) is 19.6. The van der Waals surface area contributed by atoms with Gasteiger partial charge in [0.15, 0.2) is 6.10 Å². The molecule has 0 aromatic rings. The summed E-state index contributed by atoms with van der Waals surface area (Å²) < 4.78 is 13.3. The van der Waals surface area contributed by atoms with Crippen LogP contribution in [0.25, 0.3) is 0 Å². The maximum absolute atomic E-state index is 9.86. The molecule has 0 bridgehead atoms. The van der Waals surface area contributed by atoms with Gasteiger partial charge in [0, 0.05) is 0 Å². The molecule has 0 fully saturated rings. The number of carbonyl (C=O) groups is 2. The molecule has 6 nitrogen and oxygen atoms in total. The summed E-state index contributed by atoms with van der Waals surface area (Å²) in [5, 5.41) is 8.23. The van der Waals surface area contributed by atoms with Gasteiger partial charge in [-0.15, -0.1) is 0 Å². The van der Waals surface area contributed by atoms with E-state index in [1.165, 1.54) is 0 Å². The predicted octanol–water partition coefficient (Wildman–Crippen LogP) is -1.33. The lowest BCUT2D eigenvalue weighted by Gasteiger charge is -2.12. The van der Waals surface area contributed by atoms with E-state index in [1.807, 2.05) is 0 Å². The number of aliphatic hydroxyl groups is 1. The first-order valence-electron chi connectivity index (χ1n) is 3.18. The van der Waals surface area contributed by atoms with Gasteiger partial charge in [-0.3, -0.25) is 9.59 Å². The van der Waals surface area contributed by atoms with Gasteiger partial charge in [0.1, 0.15) is 13.4 Å². The van der Waals surface area contributed by atoms with Crippen LogP contribution >= 0.6 is 0 Å². The lowest BCUT2D eigenvalue weighted by Crippen LogP contribution is -2.25. The molecule has 0 spiro atoms. The summed E-state index contributed by atoms with van der Waals surface area (Å²) >= 11 is 0. The third-order valence-corrected chi connectivity index (χ3v) is 0.993. The van der Waals surface area contributed by atoms with Crippen LogP contribution in [0.3, 0.4) is 0 Å². The van der Waals surface area contributed by atoms with Gasteiger partial charge in [-0.05, 0) is 0 Å². The van der Waals surface area contributed by atoms with Crippen LogP contribution < -0.4 is 0 Å². The third kappa shape index (κ3) is 5.63. The predicted molar refractivity (Wildman–Crippen MR) is 36.0 cm³/mol. The molecule has 0 saturated heterocycles. The van der Waals surface area contributed by atoms with Gasteiger partial charge in [0.2, 0.25) is 0 Å². The average Bonchev–Trinajstić information content (AvgIpc) is 2.10. The van der Waals surface area contributed by atoms with Crippen molar-refractivity contribution in [1.29, 1.82) is 0 Å². The first kappa shape index (κ1) is 10.9. The summed E-state index contributed by atoms with van der Waals surface area (Å²) in [6.45, 7) is -0.106. The molecule has 6 heteroatoms. The van der Waals surface area contributed by atoms with Crippen LogP contribution in [0.15, 0.2) is 0 Å². The number of rotatable bonds is 8. The normalized spacial score (nSPS) is 11.8. The Hall–Kier alpha value is -1.14. The number of hydrogen-bond donors (Lipinski definition) is 1. The van der Waals surface area contributed by atoms with Crippen molar-refractivity contribution in [2.45, 2.75) is 6.10 Å². The number of hydrogen-bond acceptors (Lipinski definition) is 6. The molecule has 0 aliphatic carbocycles. The lowest BCUT2D eigenvalue weighted by atomic mass is 10.4. The molecule has 1 unspecified atom stereocenters. The van der Waals surface area contributed by atoms with Crippen LogP contribution in [0.5, 0.6) is 0 Å². The summed E-state index contributed by atoms with van der Waals surface area (Å²) in [5.74, 6) is 0. The SMILES string of the molecule is O=COCC(COCO)OC=O. The second-order valence-electron chi connectivity index (χ2n) is 1.78. The van der Waals surface area contributed by atoms with Gasteiger partial charge >= 0.3 is 0 Å². The van der Waals surface area contributed by atoms with Crippen LogP contribution in [-0.4, -0.2) is 44.2 Å². The molecule has 1 N–H and O–H groups in total. The quantitative estimate of drug-likeness (QED) is 0.366. The Balaban J connectivity index is 3.52. The van der Waals surface area contributed by atoms with Crippen molar-refractivity contribution in [2.75, 3.05) is 20.0 Å². The van der Waals surface area contributed by atoms with Crippen LogP contribution in [0, 0.1) is 0 Å². The van der Waals surface area contributed by atoms with Crippen molar-refractivity contribution in [3.63, 3.8) is 0 Å². The van der Waals surface area contributed by atoms with E-state index in [4.69, 9.17) is 5.11 Å². The van der Waals surface area contributed by atoms with Gasteiger partial charge in [0.05, 0.1) is 6.61 Å². The molecule has 0 aliphatic rings. The zero-order chi connectivity index (χ0) is 9.23. The monoisotopic (exact) mass is 178 g/mol. The molecule has 0 heterocycles. The van der Waals surface area contributed by atoms with Gasteiger partial charge < -0.3 is 19.3 Å². The zero-order valence-corrected chi connectivity index (χ0v) is 6.34. The third-order valence-electron chi connectivity index (χ3n) is 0.993. The maximum atomic E-state index is 9.86. The van der Waals surface area contributed by atoms with E-state index >= 15 is 0 Å². The summed E-state index contributed by atoms with van der Waals surface area (Å²) in [6.07, 6.45) is -0.667. The fraction of sp³-hybridized carbons (Fsp3) is 0.667. The fourth-order valence-electron chi connectivity index (χ4n) is 0.536. The van der Waals surface area contributed by atoms with E-state index in [2.05, 4.69) is 14.2 Å². The van der Waals surface area contributed by atoms with Gasteiger partial charge in [-0.1, -0.05) is 0 Å². The van der Waals surface area contributed by atoms with Gasteiger partial charge in [-0.25, -0.2) is 0 Å². The Morgan fingerprint density at radius 3 is 2.50 bits per heavy atom. The van der Waals surface area contributed by atoms with Crippen LogP contribution in [0.2, 0.25) is 0 Å². The molecule has 0 aliphatic heterocycles. The average molecular weight is 178 g/mol. The van der Waals surface area contributed by atoms with Crippen LogP contribution in [0.1, 0.15) is 0 Å². The molecule has 0 saturated carbocycles. The summed E-state index contributed by atoms with van der Waals surface area (Å²) in [7, 11) is 0. The van der Waals surface area contributed by atoms with E-state index < -0.39 is 12.9 Å². The smallest absolute Gasteiger partial charge is 0.293 e. The lowest BCUT2D eigenvalue weighted by molar-refractivity contribution is -0.148. The summed E-state index contributed by atoms with van der Waals surface area (Å²) in [5.41, 5.74) is 0. The van der Waals surface area contributed by atoms with Crippen LogP contribution in [0.4, 0.5) is 0 Å². The molecule has 1 atom stereocenters. The minimum atomic E-state index is -0.667. The molecular formula is C6H10O6. The van der Waals surface area contributed by atoms with E-state index in [0.29, 0.717) is 0 Å². The van der Waals surface area contributed by atoms with Crippen molar-refractivity contribution >= 4 is 12.9 Å². The second kappa shape index (κ2) is 7.96. The summed E-state index contributed by atoms with van der Waals surface area (Å²) in [6, 6.07) is 0. The van der Waals surface area contributed by atoms with Crippen LogP contribution in [-0.2, 0) is 23.8 Å². The van der Waals surface area contributed by atoms with Crippen molar-refractivity contribution in [3.8, 4) is 0 Å². The highest BCUT2D eigenvalue weighted by molar-refractivity contribution is 5.38. The van der Waals surface area contributed by atoms with Gasteiger partial charge in [-0.2, -0.15) is 0 Å². The molecule has 0 aromatic carbocycles. The minimum absolute atomic E-state index is 0.0108. The first-order chi connectivity index (χ1) is 5.85. The standard InChI is InChI=1S/C6H10O6/c7-3-10-1-6(12-5-9)2-11-4-8/h3,5-6,8H,1-2,4H2. The molecule has 0 rings (SSSR count). The van der Waals surface area contributed by atoms with E-state index in [1.54, 1.807) is 0 Å². The Labute approximate surface area is 69.0 Å². The fourth-order valence-corrected chi connectivity index (χ4v) is 0.536. The molecule has 12 heavy (non-hydrogen) atoms. The Kier molecular flexibility index (Phi) is 7.21. The molecule has 0 amide bonds.